The van der Waals surface area contributed by atoms with Gasteiger partial charge in [-0.1, -0.05) is 67.8 Å². The Labute approximate surface area is 188 Å². The smallest absolute Gasteiger partial charge is 0.255 e. The Balaban J connectivity index is 1.68. The zero-order valence-electron chi connectivity index (χ0n) is 18.0. The minimum Gasteiger partial charge on any atom is -0.322 e. The van der Waals surface area contributed by atoms with Gasteiger partial charge in [0.15, 0.2) is 0 Å². The number of nitrogens with zero attached hydrogens (tertiary/aromatic N) is 1. The lowest BCUT2D eigenvalue weighted by Crippen LogP contribution is -2.15. The van der Waals surface area contributed by atoms with Gasteiger partial charge < -0.3 is 10.6 Å². The van der Waals surface area contributed by atoms with Gasteiger partial charge in [-0.05, 0) is 48.4 Å². The molecule has 2 aromatic carbocycles. The largest absolute Gasteiger partial charge is 0.322 e. The second-order valence-corrected chi connectivity index (χ2v) is 7.25. The number of nitrogens with one attached hydrogen (secondary N) is 2. The van der Waals surface area contributed by atoms with Crippen molar-refractivity contribution in [3.8, 4) is 11.3 Å². The fourth-order valence-electron chi connectivity index (χ4n) is 3.09. The number of anilines is 2. The molecule has 0 spiro atoms. The van der Waals surface area contributed by atoms with Crippen LogP contribution in [-0.2, 0) is 16.0 Å². The molecule has 32 heavy (non-hydrogen) atoms. The first kappa shape index (κ1) is 22.4. The van der Waals surface area contributed by atoms with E-state index in [9.17, 15) is 9.59 Å². The summed E-state index contributed by atoms with van der Waals surface area (Å²) in [5, 5.41) is 5.70. The van der Waals surface area contributed by atoms with Crippen LogP contribution in [-0.4, -0.2) is 16.8 Å². The third-order valence-corrected chi connectivity index (χ3v) is 4.65. The van der Waals surface area contributed by atoms with Crippen molar-refractivity contribution in [2.24, 2.45) is 0 Å². The Morgan fingerprint density at radius 2 is 1.66 bits per heavy atom. The number of hydrogen-bond donors (Lipinski definition) is 2. The van der Waals surface area contributed by atoms with Gasteiger partial charge in [0.05, 0.1) is 12.1 Å². The van der Waals surface area contributed by atoms with Crippen molar-refractivity contribution in [1.29, 1.82) is 0 Å². The second kappa shape index (κ2) is 10.7. The van der Waals surface area contributed by atoms with Gasteiger partial charge in [-0.25, -0.2) is 4.98 Å². The molecule has 0 unspecified atom stereocenters. The van der Waals surface area contributed by atoms with Crippen LogP contribution in [0.1, 0.15) is 12.5 Å². The van der Waals surface area contributed by atoms with E-state index < -0.39 is 0 Å². The Bertz CT molecular complexity index is 1160. The van der Waals surface area contributed by atoms with E-state index in [2.05, 4.69) is 28.8 Å². The van der Waals surface area contributed by atoms with Gasteiger partial charge in [0.2, 0.25) is 5.91 Å². The van der Waals surface area contributed by atoms with E-state index in [1.165, 1.54) is 0 Å². The highest BCUT2D eigenvalue weighted by Crippen LogP contribution is 2.22. The summed E-state index contributed by atoms with van der Waals surface area (Å²) in [5.74, 6) is 0.118. The summed E-state index contributed by atoms with van der Waals surface area (Å²) in [6.45, 7) is 9.23. The number of carbonyl (C=O) groups excluding carboxylic acids is 2. The Hall–Kier alpha value is -4.25. The van der Waals surface area contributed by atoms with Crippen LogP contribution >= 0.6 is 0 Å². The minimum atomic E-state index is -0.244. The maximum atomic E-state index is 12.4. The van der Waals surface area contributed by atoms with Crippen LogP contribution in [0.15, 0.2) is 109 Å². The molecular formula is C27H25N3O2. The number of hydrogen-bond acceptors (Lipinski definition) is 3. The normalized spacial score (nSPS) is 10.8. The van der Waals surface area contributed by atoms with E-state index >= 15 is 0 Å². The fraction of sp³-hybridized carbons (Fsp3) is 0.0741. The summed E-state index contributed by atoms with van der Waals surface area (Å²) in [4.78, 5) is 29.3. The van der Waals surface area contributed by atoms with Crippen molar-refractivity contribution in [1.82, 2.24) is 4.98 Å². The maximum Gasteiger partial charge on any atom is 0.255 e. The number of carbonyl (C=O) groups is 2. The van der Waals surface area contributed by atoms with Crippen molar-refractivity contribution >= 4 is 23.3 Å². The number of amides is 2. The van der Waals surface area contributed by atoms with Crippen LogP contribution in [0.2, 0.25) is 0 Å². The molecule has 3 aromatic rings. The lowest BCUT2D eigenvalue weighted by atomic mass is 10.1. The first-order valence-electron chi connectivity index (χ1n) is 10.2. The molecule has 0 saturated heterocycles. The van der Waals surface area contributed by atoms with Crippen molar-refractivity contribution in [2.75, 3.05) is 10.6 Å². The molecule has 5 nitrogen and oxygen atoms in total. The summed E-state index contributed by atoms with van der Waals surface area (Å²) in [6, 6.07) is 22.4. The Morgan fingerprint density at radius 1 is 0.938 bits per heavy atom. The van der Waals surface area contributed by atoms with Crippen molar-refractivity contribution in [3.63, 3.8) is 0 Å². The van der Waals surface area contributed by atoms with E-state index in [-0.39, 0.29) is 18.2 Å². The lowest BCUT2D eigenvalue weighted by molar-refractivity contribution is -0.115. The molecule has 160 valence electrons. The van der Waals surface area contributed by atoms with Crippen molar-refractivity contribution in [2.45, 2.75) is 13.3 Å². The molecule has 0 fully saturated rings. The standard InChI is InChI=1S/C27H25N3O2/c1-4-9-23(19(2)3)27(32)28-22-16-14-21(15-17-22)24-12-8-13-25(29-24)30-26(31)18-20-10-6-5-7-11-20/h4-17H,1-2,18H2,3H3,(H,28,32)(H,29,30,31)/b23-9+. The summed E-state index contributed by atoms with van der Waals surface area (Å²) < 4.78 is 0. The summed E-state index contributed by atoms with van der Waals surface area (Å²) >= 11 is 0. The lowest BCUT2D eigenvalue weighted by Gasteiger charge is -2.10. The highest BCUT2D eigenvalue weighted by molar-refractivity contribution is 6.06. The van der Waals surface area contributed by atoms with Gasteiger partial charge in [-0.15, -0.1) is 0 Å². The molecular weight excluding hydrogens is 398 g/mol. The zero-order chi connectivity index (χ0) is 22.9. The molecule has 2 N–H and O–H groups in total. The third-order valence-electron chi connectivity index (χ3n) is 4.65. The Kier molecular flexibility index (Phi) is 7.49. The van der Waals surface area contributed by atoms with Crippen LogP contribution in [0.5, 0.6) is 0 Å². The zero-order valence-corrected chi connectivity index (χ0v) is 18.0. The fourth-order valence-corrected chi connectivity index (χ4v) is 3.09. The molecule has 0 aliphatic heterocycles. The second-order valence-electron chi connectivity index (χ2n) is 7.25. The molecule has 5 heteroatoms. The van der Waals surface area contributed by atoms with Crippen molar-refractivity contribution < 1.29 is 9.59 Å². The number of aromatic nitrogens is 1. The van der Waals surface area contributed by atoms with Gasteiger partial charge in [-0.3, -0.25) is 9.59 Å². The predicted octanol–water partition coefficient (Wildman–Crippen LogP) is 5.56. The van der Waals surface area contributed by atoms with E-state index in [0.29, 0.717) is 22.7 Å². The highest BCUT2D eigenvalue weighted by atomic mass is 16.2. The van der Waals surface area contributed by atoms with Crippen LogP contribution in [0.4, 0.5) is 11.5 Å². The first-order valence-corrected chi connectivity index (χ1v) is 10.2. The number of rotatable bonds is 8. The highest BCUT2D eigenvalue weighted by Gasteiger charge is 2.10. The van der Waals surface area contributed by atoms with Crippen LogP contribution in [0.3, 0.4) is 0 Å². The average Bonchev–Trinajstić information content (AvgIpc) is 2.78. The third kappa shape index (κ3) is 6.12. The van der Waals surface area contributed by atoms with Gasteiger partial charge in [0.1, 0.15) is 5.82 Å². The van der Waals surface area contributed by atoms with Crippen molar-refractivity contribution in [3.05, 3.63) is 115 Å². The number of benzene rings is 2. The predicted molar refractivity (Wildman–Crippen MR) is 130 cm³/mol. The van der Waals surface area contributed by atoms with Gasteiger partial charge in [0, 0.05) is 16.8 Å². The van der Waals surface area contributed by atoms with Crippen LogP contribution in [0, 0.1) is 0 Å². The molecule has 1 heterocycles. The van der Waals surface area contributed by atoms with Crippen LogP contribution < -0.4 is 10.6 Å². The molecule has 0 atom stereocenters. The topological polar surface area (TPSA) is 71.1 Å². The molecule has 2 amide bonds. The maximum absolute atomic E-state index is 12.4. The molecule has 3 rings (SSSR count). The molecule has 1 aromatic heterocycles. The van der Waals surface area contributed by atoms with E-state index in [1.807, 2.05) is 54.6 Å². The van der Waals surface area contributed by atoms with Gasteiger partial charge in [0.25, 0.3) is 5.91 Å². The minimum absolute atomic E-state index is 0.125. The van der Waals surface area contributed by atoms with E-state index in [0.717, 1.165) is 16.8 Å². The summed E-state index contributed by atoms with van der Waals surface area (Å²) in [5.41, 5.74) is 4.32. The molecule has 0 aliphatic rings. The SMILES string of the molecule is C=C/C=C(\C(=C)C)C(=O)Nc1ccc(-c2cccc(NC(=O)Cc3ccccc3)n2)cc1. The molecule has 0 saturated carbocycles. The first-order chi connectivity index (χ1) is 15.5. The van der Waals surface area contributed by atoms with Gasteiger partial charge in [-0.2, -0.15) is 0 Å². The van der Waals surface area contributed by atoms with E-state index in [4.69, 9.17) is 0 Å². The monoisotopic (exact) mass is 423 g/mol. The molecule has 0 radical (unpaired) electrons. The quantitative estimate of drug-likeness (QED) is 0.368. The number of allylic oxidation sites excluding steroid dienone is 2. The molecule has 0 aliphatic carbocycles. The summed E-state index contributed by atoms with van der Waals surface area (Å²) in [6.07, 6.45) is 3.48. The average molecular weight is 424 g/mol. The number of pyridine rings is 1. The summed E-state index contributed by atoms with van der Waals surface area (Å²) in [7, 11) is 0. The van der Waals surface area contributed by atoms with Crippen LogP contribution in [0.25, 0.3) is 11.3 Å². The molecule has 0 bridgehead atoms. The van der Waals surface area contributed by atoms with Gasteiger partial charge >= 0.3 is 0 Å². The Morgan fingerprint density at radius 3 is 2.31 bits per heavy atom. The van der Waals surface area contributed by atoms with E-state index in [1.54, 1.807) is 37.3 Å².